The van der Waals surface area contributed by atoms with Gasteiger partial charge in [-0.1, -0.05) is 6.07 Å². The SMILES string of the molecule is CCOc1cc([C@H]2C[C@H](OC(C)=O)CC[C@H]2NOC(=O)c2ccc(-n3ccnc3)nc2)ccc1OC. The summed E-state index contributed by atoms with van der Waals surface area (Å²) in [5.41, 5.74) is 4.25. The van der Waals surface area contributed by atoms with E-state index in [1.165, 1.54) is 13.1 Å². The minimum absolute atomic E-state index is 0.0947. The maximum absolute atomic E-state index is 12.7. The van der Waals surface area contributed by atoms with Crippen molar-refractivity contribution in [3.63, 3.8) is 0 Å². The molecule has 36 heavy (non-hydrogen) atoms. The highest BCUT2D eigenvalue weighted by atomic mass is 16.7. The average Bonchev–Trinajstić information content (AvgIpc) is 3.43. The highest BCUT2D eigenvalue weighted by Gasteiger charge is 2.34. The van der Waals surface area contributed by atoms with Gasteiger partial charge in [0.15, 0.2) is 11.5 Å². The molecule has 1 aliphatic carbocycles. The van der Waals surface area contributed by atoms with Crippen molar-refractivity contribution in [2.24, 2.45) is 0 Å². The van der Waals surface area contributed by atoms with E-state index in [1.807, 2.05) is 25.1 Å². The highest BCUT2D eigenvalue weighted by Crippen LogP contribution is 2.38. The Kier molecular flexibility index (Phi) is 8.17. The summed E-state index contributed by atoms with van der Waals surface area (Å²) in [5.74, 6) is 0.967. The van der Waals surface area contributed by atoms with Crippen molar-refractivity contribution in [2.75, 3.05) is 13.7 Å². The number of esters is 1. The standard InChI is InChI=1S/C26H30N4O6/c1-4-34-24-13-18(5-9-23(24)33-3)21-14-20(35-17(2)31)7-8-22(21)29-36-26(32)19-6-10-25(28-15-19)30-12-11-27-16-30/h5-6,9-13,15-16,20-22,29H,4,7-8,14H2,1-3H3/t20-,21-,22-/m1/s1. The number of ether oxygens (including phenoxy) is 3. The number of methoxy groups -OCH3 is 1. The van der Waals surface area contributed by atoms with Crippen molar-refractivity contribution in [3.8, 4) is 17.3 Å². The van der Waals surface area contributed by atoms with Crippen LogP contribution in [0.4, 0.5) is 0 Å². The molecular formula is C26H30N4O6. The summed E-state index contributed by atoms with van der Waals surface area (Å²) in [5, 5.41) is 0. The van der Waals surface area contributed by atoms with E-state index in [0.717, 1.165) is 5.56 Å². The number of hydrogen-bond acceptors (Lipinski definition) is 9. The molecular weight excluding hydrogens is 464 g/mol. The number of nitrogens with one attached hydrogen (secondary N) is 1. The molecule has 0 bridgehead atoms. The van der Waals surface area contributed by atoms with Gasteiger partial charge in [-0.05, 0) is 56.0 Å². The van der Waals surface area contributed by atoms with Gasteiger partial charge in [0.05, 0.1) is 25.3 Å². The van der Waals surface area contributed by atoms with Gasteiger partial charge in [0.25, 0.3) is 0 Å². The Bertz CT molecular complexity index is 1170. The van der Waals surface area contributed by atoms with Crippen LogP contribution >= 0.6 is 0 Å². The first-order valence-electron chi connectivity index (χ1n) is 11.9. The minimum atomic E-state index is -0.537. The smallest absolute Gasteiger partial charge is 0.358 e. The molecule has 0 aliphatic heterocycles. The lowest BCUT2D eigenvalue weighted by molar-refractivity contribution is -0.148. The van der Waals surface area contributed by atoms with Crippen LogP contribution in [-0.2, 0) is 14.4 Å². The summed E-state index contributed by atoms with van der Waals surface area (Å²) < 4.78 is 18.4. The van der Waals surface area contributed by atoms with Crippen LogP contribution in [0.2, 0.25) is 0 Å². The van der Waals surface area contributed by atoms with Crippen LogP contribution in [-0.4, -0.2) is 52.3 Å². The van der Waals surface area contributed by atoms with Gasteiger partial charge in [0.1, 0.15) is 18.2 Å². The molecule has 0 saturated heterocycles. The van der Waals surface area contributed by atoms with Crippen molar-refractivity contribution in [1.29, 1.82) is 0 Å². The van der Waals surface area contributed by atoms with Crippen LogP contribution in [0.1, 0.15) is 54.9 Å². The van der Waals surface area contributed by atoms with Gasteiger partial charge in [-0.15, -0.1) is 5.48 Å². The number of hydroxylamine groups is 1. The van der Waals surface area contributed by atoms with Crippen molar-refractivity contribution in [1.82, 2.24) is 20.0 Å². The van der Waals surface area contributed by atoms with E-state index < -0.39 is 5.97 Å². The fourth-order valence-corrected chi connectivity index (χ4v) is 4.42. The Morgan fingerprint density at radius 3 is 2.69 bits per heavy atom. The second kappa shape index (κ2) is 11.7. The highest BCUT2D eigenvalue weighted by molar-refractivity contribution is 5.88. The molecule has 1 N–H and O–H groups in total. The Labute approximate surface area is 209 Å². The third kappa shape index (κ3) is 6.01. The molecule has 1 aliphatic rings. The first-order valence-corrected chi connectivity index (χ1v) is 11.9. The van der Waals surface area contributed by atoms with Gasteiger partial charge < -0.3 is 19.0 Å². The number of hydrogen-bond donors (Lipinski definition) is 1. The maximum Gasteiger partial charge on any atom is 0.358 e. The van der Waals surface area contributed by atoms with E-state index in [9.17, 15) is 9.59 Å². The van der Waals surface area contributed by atoms with E-state index in [2.05, 4.69) is 15.4 Å². The third-order valence-corrected chi connectivity index (χ3v) is 6.11. The fraction of sp³-hybridized carbons (Fsp3) is 0.385. The zero-order valence-electron chi connectivity index (χ0n) is 20.5. The lowest BCUT2D eigenvalue weighted by atomic mass is 9.79. The molecule has 10 heteroatoms. The molecule has 0 unspecified atom stereocenters. The van der Waals surface area contributed by atoms with Crippen molar-refractivity contribution in [2.45, 2.75) is 51.2 Å². The van der Waals surface area contributed by atoms with E-state index in [4.69, 9.17) is 19.0 Å². The first kappa shape index (κ1) is 25.2. The van der Waals surface area contributed by atoms with Gasteiger partial charge in [0, 0.05) is 31.4 Å². The Morgan fingerprint density at radius 1 is 1.17 bits per heavy atom. The number of carbonyl (C=O) groups is 2. The summed E-state index contributed by atoms with van der Waals surface area (Å²) in [7, 11) is 1.59. The molecule has 1 saturated carbocycles. The largest absolute Gasteiger partial charge is 0.493 e. The normalized spacial score (nSPS) is 19.4. The number of imidazole rings is 1. The zero-order chi connectivity index (χ0) is 25.5. The van der Waals surface area contributed by atoms with Crippen LogP contribution in [0.3, 0.4) is 0 Å². The lowest BCUT2D eigenvalue weighted by Crippen LogP contribution is -2.42. The van der Waals surface area contributed by atoms with Crippen LogP contribution < -0.4 is 15.0 Å². The number of rotatable bonds is 9. The lowest BCUT2D eigenvalue weighted by Gasteiger charge is -2.36. The third-order valence-electron chi connectivity index (χ3n) is 6.11. The van der Waals surface area contributed by atoms with E-state index in [0.29, 0.717) is 48.7 Å². The van der Waals surface area contributed by atoms with Crippen LogP contribution in [0.5, 0.6) is 11.5 Å². The van der Waals surface area contributed by atoms with Crippen LogP contribution in [0.25, 0.3) is 5.82 Å². The number of nitrogens with zero attached hydrogens (tertiary/aromatic N) is 3. The molecule has 2 aromatic heterocycles. The number of aromatic nitrogens is 3. The summed E-state index contributed by atoms with van der Waals surface area (Å²) in [4.78, 5) is 38.1. The molecule has 1 fully saturated rings. The summed E-state index contributed by atoms with van der Waals surface area (Å²) in [6.07, 6.45) is 8.17. The van der Waals surface area contributed by atoms with Crippen molar-refractivity contribution >= 4 is 11.9 Å². The Balaban J connectivity index is 1.48. The minimum Gasteiger partial charge on any atom is -0.493 e. The van der Waals surface area contributed by atoms with Gasteiger partial charge in [-0.25, -0.2) is 14.8 Å². The average molecular weight is 495 g/mol. The van der Waals surface area contributed by atoms with Gasteiger partial charge in [0.2, 0.25) is 0 Å². The molecule has 3 atom stereocenters. The van der Waals surface area contributed by atoms with Crippen LogP contribution in [0.15, 0.2) is 55.2 Å². The van der Waals surface area contributed by atoms with Gasteiger partial charge in [-0.2, -0.15) is 0 Å². The number of pyridine rings is 1. The zero-order valence-corrected chi connectivity index (χ0v) is 20.5. The molecule has 4 rings (SSSR count). The van der Waals surface area contributed by atoms with Gasteiger partial charge >= 0.3 is 11.9 Å². The van der Waals surface area contributed by atoms with E-state index >= 15 is 0 Å². The number of carbonyl (C=O) groups excluding carboxylic acids is 2. The fourth-order valence-electron chi connectivity index (χ4n) is 4.42. The molecule has 1 aromatic carbocycles. The van der Waals surface area contributed by atoms with Crippen molar-refractivity contribution in [3.05, 3.63) is 66.4 Å². The molecule has 3 aromatic rings. The monoisotopic (exact) mass is 494 g/mol. The quantitative estimate of drug-likeness (QED) is 0.352. The molecule has 0 amide bonds. The topological polar surface area (TPSA) is 114 Å². The van der Waals surface area contributed by atoms with Crippen molar-refractivity contribution < 1.29 is 28.6 Å². The molecule has 0 spiro atoms. The summed E-state index contributed by atoms with van der Waals surface area (Å²) in [6, 6.07) is 8.92. The van der Waals surface area contributed by atoms with Gasteiger partial charge in [-0.3, -0.25) is 9.36 Å². The second-order valence-electron chi connectivity index (χ2n) is 8.48. The molecule has 0 radical (unpaired) electrons. The second-order valence-corrected chi connectivity index (χ2v) is 8.48. The Hall–Kier alpha value is -3.92. The Morgan fingerprint density at radius 2 is 2.03 bits per heavy atom. The van der Waals surface area contributed by atoms with Crippen LogP contribution in [0, 0.1) is 0 Å². The molecule has 2 heterocycles. The predicted octanol–water partition coefficient (Wildman–Crippen LogP) is 3.60. The predicted molar refractivity (Wildman–Crippen MR) is 130 cm³/mol. The first-order chi connectivity index (χ1) is 17.5. The number of benzene rings is 1. The van der Waals surface area contributed by atoms with E-state index in [1.54, 1.807) is 42.5 Å². The summed E-state index contributed by atoms with van der Waals surface area (Å²) in [6.45, 7) is 3.81. The van der Waals surface area contributed by atoms with E-state index in [-0.39, 0.29) is 24.0 Å². The molecule has 10 nitrogen and oxygen atoms in total. The maximum atomic E-state index is 12.7. The summed E-state index contributed by atoms with van der Waals surface area (Å²) >= 11 is 0. The molecule has 190 valence electrons.